The van der Waals surface area contributed by atoms with Crippen molar-refractivity contribution in [1.29, 1.82) is 0 Å². The van der Waals surface area contributed by atoms with Crippen LogP contribution >= 0.6 is 0 Å². The maximum Gasteiger partial charge on any atom is 0.210 e. The molecule has 0 spiro atoms. The van der Waals surface area contributed by atoms with Gasteiger partial charge in [-0.1, -0.05) is 60.7 Å². The zero-order valence-electron chi connectivity index (χ0n) is 17.6. The maximum absolute atomic E-state index is 13.7. The second kappa shape index (κ2) is 7.80. The quantitative estimate of drug-likeness (QED) is 0.401. The molecule has 154 valence electrons. The Labute approximate surface area is 181 Å². The van der Waals surface area contributed by atoms with Gasteiger partial charge in [0.25, 0.3) is 0 Å². The first-order valence-electron chi connectivity index (χ1n) is 10.3. The Bertz CT molecular complexity index is 1270. The van der Waals surface area contributed by atoms with Gasteiger partial charge in [0.2, 0.25) is 5.78 Å². The second-order valence-electron chi connectivity index (χ2n) is 7.62. The Kier molecular flexibility index (Phi) is 4.83. The lowest BCUT2D eigenvalue weighted by Gasteiger charge is -2.21. The number of hydrogen-bond donors (Lipinski definition) is 0. The SMILES string of the molecule is COc1ccc(-c2cc3n(c2C(=O)c2ccccc2)CCc2ccccc2-3)cc1OC. The highest BCUT2D eigenvalue weighted by atomic mass is 16.5. The number of fused-ring (bicyclic) bond motifs is 3. The first-order chi connectivity index (χ1) is 15.2. The summed E-state index contributed by atoms with van der Waals surface area (Å²) >= 11 is 0. The summed E-state index contributed by atoms with van der Waals surface area (Å²) in [4.78, 5) is 13.7. The van der Waals surface area contributed by atoms with Gasteiger partial charge in [0.05, 0.1) is 19.9 Å². The summed E-state index contributed by atoms with van der Waals surface area (Å²) < 4.78 is 13.1. The van der Waals surface area contributed by atoms with Crippen LogP contribution in [0.5, 0.6) is 11.5 Å². The Hall–Kier alpha value is -3.79. The summed E-state index contributed by atoms with van der Waals surface area (Å²) in [5.41, 5.74) is 6.79. The van der Waals surface area contributed by atoms with Crippen molar-refractivity contribution < 1.29 is 14.3 Å². The number of benzene rings is 3. The molecule has 0 radical (unpaired) electrons. The van der Waals surface area contributed by atoms with Gasteiger partial charge >= 0.3 is 0 Å². The number of carbonyl (C=O) groups excluding carboxylic acids is 1. The zero-order valence-corrected chi connectivity index (χ0v) is 17.6. The van der Waals surface area contributed by atoms with Gasteiger partial charge in [-0.15, -0.1) is 0 Å². The summed E-state index contributed by atoms with van der Waals surface area (Å²) in [5, 5.41) is 0. The highest BCUT2D eigenvalue weighted by molar-refractivity contribution is 6.13. The molecule has 0 bridgehead atoms. The van der Waals surface area contributed by atoms with E-state index in [9.17, 15) is 4.79 Å². The summed E-state index contributed by atoms with van der Waals surface area (Å²) in [5.74, 6) is 1.33. The average Bonchev–Trinajstić information content (AvgIpc) is 3.23. The number of aromatic nitrogens is 1. The van der Waals surface area contributed by atoms with Crippen molar-refractivity contribution in [3.05, 3.63) is 95.7 Å². The minimum absolute atomic E-state index is 0.0241. The van der Waals surface area contributed by atoms with Crippen molar-refractivity contribution in [1.82, 2.24) is 4.57 Å². The largest absolute Gasteiger partial charge is 0.493 e. The molecule has 4 nitrogen and oxygen atoms in total. The lowest BCUT2D eigenvalue weighted by molar-refractivity contribution is 0.103. The summed E-state index contributed by atoms with van der Waals surface area (Å²) in [6.45, 7) is 0.771. The molecule has 0 aliphatic carbocycles. The standard InChI is InChI=1S/C27H23NO3/c1-30-24-13-12-20(16-25(24)31-2)22-17-23-21-11-7-6-8-18(21)14-15-28(23)26(22)27(29)19-9-4-3-5-10-19/h3-13,16-17H,14-15H2,1-2H3. The normalized spacial score (nSPS) is 12.1. The Morgan fingerprint density at radius 1 is 0.806 bits per heavy atom. The van der Waals surface area contributed by atoms with Crippen molar-refractivity contribution in [3.8, 4) is 33.9 Å². The van der Waals surface area contributed by atoms with E-state index >= 15 is 0 Å². The van der Waals surface area contributed by atoms with Crippen LogP contribution in [-0.4, -0.2) is 24.6 Å². The van der Waals surface area contributed by atoms with Crippen LogP contribution in [0.2, 0.25) is 0 Å². The molecule has 4 aromatic rings. The predicted molar refractivity (Wildman–Crippen MR) is 122 cm³/mol. The molecule has 0 amide bonds. The van der Waals surface area contributed by atoms with E-state index in [4.69, 9.17) is 9.47 Å². The molecule has 0 saturated carbocycles. The number of aryl methyl sites for hydroxylation is 1. The van der Waals surface area contributed by atoms with E-state index in [1.54, 1.807) is 14.2 Å². The highest BCUT2D eigenvalue weighted by Crippen LogP contribution is 2.40. The lowest BCUT2D eigenvalue weighted by Crippen LogP contribution is -2.17. The molecule has 0 N–H and O–H groups in total. The second-order valence-corrected chi connectivity index (χ2v) is 7.62. The third-order valence-electron chi connectivity index (χ3n) is 5.94. The van der Waals surface area contributed by atoms with E-state index in [-0.39, 0.29) is 5.78 Å². The highest BCUT2D eigenvalue weighted by Gasteiger charge is 2.27. The first-order valence-corrected chi connectivity index (χ1v) is 10.3. The third-order valence-corrected chi connectivity index (χ3v) is 5.94. The van der Waals surface area contributed by atoms with Crippen LogP contribution in [0.3, 0.4) is 0 Å². The molecule has 4 heteroatoms. The number of carbonyl (C=O) groups is 1. The fraction of sp³-hybridized carbons (Fsp3) is 0.148. The van der Waals surface area contributed by atoms with E-state index in [1.165, 1.54) is 11.1 Å². The van der Waals surface area contributed by atoms with E-state index in [0.29, 0.717) is 22.8 Å². The Morgan fingerprint density at radius 3 is 2.32 bits per heavy atom. The molecule has 0 atom stereocenters. The van der Waals surface area contributed by atoms with Gasteiger partial charge in [-0.05, 0) is 35.7 Å². The summed E-state index contributed by atoms with van der Waals surface area (Å²) in [6.07, 6.45) is 0.901. The molecule has 3 aromatic carbocycles. The number of rotatable bonds is 5. The van der Waals surface area contributed by atoms with Gasteiger partial charge in [-0.25, -0.2) is 0 Å². The van der Waals surface area contributed by atoms with Crippen molar-refractivity contribution in [2.45, 2.75) is 13.0 Å². The average molecular weight is 409 g/mol. The predicted octanol–water partition coefficient (Wildman–Crippen LogP) is 5.63. The van der Waals surface area contributed by atoms with Crippen LogP contribution < -0.4 is 9.47 Å². The fourth-order valence-corrected chi connectivity index (χ4v) is 4.42. The smallest absolute Gasteiger partial charge is 0.210 e. The zero-order chi connectivity index (χ0) is 21.4. The van der Waals surface area contributed by atoms with Crippen molar-refractivity contribution >= 4 is 5.78 Å². The topological polar surface area (TPSA) is 40.5 Å². The molecule has 0 fully saturated rings. The molecular formula is C27H23NO3. The molecule has 1 aromatic heterocycles. The first kappa shape index (κ1) is 19.2. The van der Waals surface area contributed by atoms with E-state index in [0.717, 1.165) is 29.8 Å². The van der Waals surface area contributed by atoms with E-state index < -0.39 is 0 Å². The minimum atomic E-state index is 0.0241. The number of hydrogen-bond acceptors (Lipinski definition) is 3. The van der Waals surface area contributed by atoms with Gasteiger partial charge in [-0.2, -0.15) is 0 Å². The van der Waals surface area contributed by atoms with Crippen LogP contribution in [0.25, 0.3) is 22.4 Å². The number of methoxy groups -OCH3 is 2. The van der Waals surface area contributed by atoms with Gasteiger partial charge in [0, 0.05) is 28.9 Å². The van der Waals surface area contributed by atoms with Crippen molar-refractivity contribution in [2.75, 3.05) is 14.2 Å². The third kappa shape index (κ3) is 3.21. The molecular weight excluding hydrogens is 386 g/mol. The van der Waals surface area contributed by atoms with Gasteiger partial charge in [-0.3, -0.25) is 4.79 Å². The van der Waals surface area contributed by atoms with Crippen molar-refractivity contribution in [2.24, 2.45) is 0 Å². The van der Waals surface area contributed by atoms with E-state index in [2.05, 4.69) is 34.9 Å². The van der Waals surface area contributed by atoms with Crippen LogP contribution in [0.1, 0.15) is 21.6 Å². The summed E-state index contributed by atoms with van der Waals surface area (Å²) in [7, 11) is 3.24. The molecule has 31 heavy (non-hydrogen) atoms. The van der Waals surface area contributed by atoms with E-state index in [1.807, 2.05) is 48.5 Å². The van der Waals surface area contributed by atoms with Crippen LogP contribution in [0.15, 0.2) is 78.9 Å². The number of nitrogens with zero attached hydrogens (tertiary/aromatic N) is 1. The van der Waals surface area contributed by atoms with Gasteiger partial charge in [0.15, 0.2) is 11.5 Å². The number of ketones is 1. The van der Waals surface area contributed by atoms with Gasteiger partial charge < -0.3 is 14.0 Å². The monoisotopic (exact) mass is 409 g/mol. The minimum Gasteiger partial charge on any atom is -0.493 e. The Morgan fingerprint density at radius 2 is 1.55 bits per heavy atom. The van der Waals surface area contributed by atoms with Crippen molar-refractivity contribution in [3.63, 3.8) is 0 Å². The molecule has 1 aliphatic rings. The summed E-state index contributed by atoms with van der Waals surface area (Å²) in [6, 6.07) is 25.8. The number of ether oxygens (including phenoxy) is 2. The molecule has 2 heterocycles. The van der Waals surface area contributed by atoms with Crippen LogP contribution in [0, 0.1) is 0 Å². The fourth-order valence-electron chi connectivity index (χ4n) is 4.42. The van der Waals surface area contributed by atoms with Crippen LogP contribution in [0.4, 0.5) is 0 Å². The van der Waals surface area contributed by atoms with Gasteiger partial charge in [0.1, 0.15) is 0 Å². The molecule has 5 rings (SSSR count). The van der Waals surface area contributed by atoms with Crippen LogP contribution in [-0.2, 0) is 13.0 Å². The Balaban J connectivity index is 1.75. The maximum atomic E-state index is 13.7. The lowest BCUT2D eigenvalue weighted by atomic mass is 9.98. The molecule has 1 aliphatic heterocycles. The molecule has 0 saturated heterocycles. The molecule has 0 unspecified atom stereocenters.